The normalized spacial score (nSPS) is 10.4. The number of carboxylic acids is 1. The first-order valence-electron chi connectivity index (χ1n) is 8.97. The first kappa shape index (κ1) is 19.3. The molecule has 0 bridgehead atoms. The SMILES string of the molecule is COc1ccc(C(=O)O)cc1NCc1cccc(OCc2ccc(C)cc2)c1. The molecule has 0 unspecified atom stereocenters. The van der Waals surface area contributed by atoms with Crippen molar-refractivity contribution < 1.29 is 19.4 Å². The van der Waals surface area contributed by atoms with Gasteiger partial charge in [-0.1, -0.05) is 42.0 Å². The third kappa shape index (κ3) is 5.04. The zero-order chi connectivity index (χ0) is 19.9. The van der Waals surface area contributed by atoms with E-state index in [1.54, 1.807) is 19.2 Å². The number of hydrogen-bond donors (Lipinski definition) is 2. The molecule has 3 aromatic carbocycles. The molecule has 0 atom stereocenters. The molecule has 0 aliphatic carbocycles. The van der Waals surface area contributed by atoms with E-state index in [0.717, 1.165) is 16.9 Å². The maximum absolute atomic E-state index is 11.2. The van der Waals surface area contributed by atoms with Crippen LogP contribution in [0.4, 0.5) is 5.69 Å². The molecule has 0 spiro atoms. The third-order valence-corrected chi connectivity index (χ3v) is 4.35. The van der Waals surface area contributed by atoms with Crippen LogP contribution in [0.1, 0.15) is 27.0 Å². The molecule has 0 aromatic heterocycles. The molecule has 0 saturated carbocycles. The number of carbonyl (C=O) groups is 1. The zero-order valence-electron chi connectivity index (χ0n) is 15.9. The van der Waals surface area contributed by atoms with Crippen LogP contribution in [-0.4, -0.2) is 18.2 Å². The largest absolute Gasteiger partial charge is 0.495 e. The average molecular weight is 377 g/mol. The van der Waals surface area contributed by atoms with Gasteiger partial charge in [-0.05, 0) is 48.4 Å². The van der Waals surface area contributed by atoms with Crippen molar-refractivity contribution in [2.75, 3.05) is 12.4 Å². The highest BCUT2D eigenvalue weighted by Crippen LogP contribution is 2.26. The zero-order valence-corrected chi connectivity index (χ0v) is 15.9. The van der Waals surface area contributed by atoms with Crippen LogP contribution < -0.4 is 14.8 Å². The molecular weight excluding hydrogens is 354 g/mol. The van der Waals surface area contributed by atoms with E-state index in [4.69, 9.17) is 9.47 Å². The van der Waals surface area contributed by atoms with Gasteiger partial charge in [0.15, 0.2) is 0 Å². The van der Waals surface area contributed by atoms with Gasteiger partial charge in [-0.25, -0.2) is 4.79 Å². The molecule has 0 saturated heterocycles. The van der Waals surface area contributed by atoms with Gasteiger partial charge in [0.1, 0.15) is 18.1 Å². The molecule has 0 fully saturated rings. The maximum Gasteiger partial charge on any atom is 0.335 e. The van der Waals surface area contributed by atoms with Gasteiger partial charge in [-0.2, -0.15) is 0 Å². The fourth-order valence-corrected chi connectivity index (χ4v) is 2.77. The van der Waals surface area contributed by atoms with Crippen LogP contribution in [0, 0.1) is 6.92 Å². The molecule has 3 rings (SSSR count). The van der Waals surface area contributed by atoms with E-state index in [1.807, 2.05) is 24.3 Å². The Hall–Kier alpha value is -3.47. The minimum absolute atomic E-state index is 0.207. The number of anilines is 1. The quantitative estimate of drug-likeness (QED) is 0.585. The Morgan fingerprint density at radius 3 is 2.50 bits per heavy atom. The number of methoxy groups -OCH3 is 1. The van der Waals surface area contributed by atoms with Gasteiger partial charge in [0, 0.05) is 6.54 Å². The number of carboxylic acid groups (broad SMARTS) is 1. The molecule has 0 aliphatic rings. The van der Waals surface area contributed by atoms with Crippen LogP contribution in [0.5, 0.6) is 11.5 Å². The van der Waals surface area contributed by atoms with Gasteiger partial charge in [0.25, 0.3) is 0 Å². The smallest absolute Gasteiger partial charge is 0.335 e. The summed E-state index contributed by atoms with van der Waals surface area (Å²) in [5.74, 6) is 0.403. The molecule has 0 aliphatic heterocycles. The predicted octanol–water partition coefficient (Wildman–Crippen LogP) is 4.89. The minimum atomic E-state index is -0.975. The topological polar surface area (TPSA) is 67.8 Å². The van der Waals surface area contributed by atoms with Crippen LogP contribution in [0.2, 0.25) is 0 Å². The summed E-state index contributed by atoms with van der Waals surface area (Å²) in [4.78, 5) is 11.2. The number of benzene rings is 3. The van der Waals surface area contributed by atoms with Crippen LogP contribution in [-0.2, 0) is 13.2 Å². The standard InChI is InChI=1S/C23H23NO4/c1-16-6-8-17(9-7-16)15-28-20-5-3-4-18(12-20)14-24-21-13-19(23(25)26)10-11-22(21)27-2/h3-13,24H,14-15H2,1-2H3,(H,25,26). The van der Waals surface area contributed by atoms with Crippen molar-refractivity contribution >= 4 is 11.7 Å². The summed E-state index contributed by atoms with van der Waals surface area (Å²) in [5, 5.41) is 12.4. The average Bonchev–Trinajstić information content (AvgIpc) is 2.72. The highest BCUT2D eigenvalue weighted by molar-refractivity contribution is 5.89. The lowest BCUT2D eigenvalue weighted by Crippen LogP contribution is -2.04. The van der Waals surface area contributed by atoms with Crippen molar-refractivity contribution in [3.63, 3.8) is 0 Å². The van der Waals surface area contributed by atoms with E-state index in [-0.39, 0.29) is 5.56 Å². The summed E-state index contributed by atoms with van der Waals surface area (Å²) in [7, 11) is 1.56. The lowest BCUT2D eigenvalue weighted by atomic mass is 10.1. The minimum Gasteiger partial charge on any atom is -0.495 e. The predicted molar refractivity (Wildman–Crippen MR) is 109 cm³/mol. The number of aryl methyl sites for hydroxylation is 1. The summed E-state index contributed by atoms with van der Waals surface area (Å²) in [5.41, 5.74) is 4.19. The van der Waals surface area contributed by atoms with Crippen molar-refractivity contribution in [2.24, 2.45) is 0 Å². The molecule has 0 radical (unpaired) electrons. The third-order valence-electron chi connectivity index (χ3n) is 4.35. The number of ether oxygens (including phenoxy) is 2. The van der Waals surface area contributed by atoms with Crippen molar-refractivity contribution in [3.05, 3.63) is 89.0 Å². The second kappa shape index (κ2) is 8.95. The Morgan fingerprint density at radius 2 is 1.79 bits per heavy atom. The number of hydrogen-bond acceptors (Lipinski definition) is 4. The highest BCUT2D eigenvalue weighted by atomic mass is 16.5. The van der Waals surface area contributed by atoms with Crippen LogP contribution in [0.25, 0.3) is 0 Å². The fraction of sp³-hybridized carbons (Fsp3) is 0.174. The van der Waals surface area contributed by atoms with Crippen molar-refractivity contribution in [3.8, 4) is 11.5 Å². The Bertz CT molecular complexity index is 951. The molecule has 2 N–H and O–H groups in total. The van der Waals surface area contributed by atoms with Gasteiger partial charge >= 0.3 is 5.97 Å². The van der Waals surface area contributed by atoms with E-state index >= 15 is 0 Å². The van der Waals surface area contributed by atoms with E-state index < -0.39 is 5.97 Å². The van der Waals surface area contributed by atoms with Gasteiger partial charge in [0.05, 0.1) is 18.4 Å². The summed E-state index contributed by atoms with van der Waals surface area (Å²) in [6.07, 6.45) is 0. The molecule has 144 valence electrons. The van der Waals surface area contributed by atoms with Gasteiger partial charge in [-0.15, -0.1) is 0 Å². The fourth-order valence-electron chi connectivity index (χ4n) is 2.77. The van der Waals surface area contributed by atoms with Gasteiger partial charge in [0.2, 0.25) is 0 Å². The van der Waals surface area contributed by atoms with Crippen LogP contribution in [0.3, 0.4) is 0 Å². The van der Waals surface area contributed by atoms with E-state index in [9.17, 15) is 9.90 Å². The summed E-state index contributed by atoms with van der Waals surface area (Å²) < 4.78 is 11.2. The highest BCUT2D eigenvalue weighted by Gasteiger charge is 2.09. The molecule has 0 heterocycles. The second-order valence-electron chi connectivity index (χ2n) is 6.50. The van der Waals surface area contributed by atoms with Crippen molar-refractivity contribution in [1.82, 2.24) is 0 Å². The molecule has 5 nitrogen and oxygen atoms in total. The van der Waals surface area contributed by atoms with Crippen LogP contribution >= 0.6 is 0 Å². The van der Waals surface area contributed by atoms with Gasteiger partial charge < -0.3 is 19.9 Å². The van der Waals surface area contributed by atoms with E-state index in [1.165, 1.54) is 11.6 Å². The first-order valence-corrected chi connectivity index (χ1v) is 8.97. The molecule has 3 aromatic rings. The lowest BCUT2D eigenvalue weighted by molar-refractivity contribution is 0.0697. The Balaban J connectivity index is 1.65. The molecule has 0 amide bonds. The lowest BCUT2D eigenvalue weighted by Gasteiger charge is -2.13. The summed E-state index contributed by atoms with van der Waals surface area (Å²) >= 11 is 0. The van der Waals surface area contributed by atoms with Crippen LogP contribution in [0.15, 0.2) is 66.7 Å². The second-order valence-corrected chi connectivity index (χ2v) is 6.50. The Kier molecular flexibility index (Phi) is 6.17. The van der Waals surface area contributed by atoms with E-state index in [0.29, 0.717) is 24.6 Å². The summed E-state index contributed by atoms with van der Waals surface area (Å²) in [6, 6.07) is 20.8. The summed E-state index contributed by atoms with van der Waals surface area (Å²) in [6.45, 7) is 3.08. The molecular formula is C23H23NO4. The number of nitrogens with one attached hydrogen (secondary N) is 1. The monoisotopic (exact) mass is 377 g/mol. The van der Waals surface area contributed by atoms with Crippen molar-refractivity contribution in [2.45, 2.75) is 20.1 Å². The van der Waals surface area contributed by atoms with Crippen molar-refractivity contribution in [1.29, 1.82) is 0 Å². The molecule has 5 heteroatoms. The molecule has 28 heavy (non-hydrogen) atoms. The number of aromatic carboxylic acids is 1. The first-order chi connectivity index (χ1) is 13.5. The number of rotatable bonds is 8. The van der Waals surface area contributed by atoms with Gasteiger partial charge in [-0.3, -0.25) is 0 Å². The Labute approximate surface area is 164 Å². The van der Waals surface area contributed by atoms with E-state index in [2.05, 4.69) is 36.5 Å². The maximum atomic E-state index is 11.2. The Morgan fingerprint density at radius 1 is 1.00 bits per heavy atom.